The molecule has 4 rings (SSSR count). The molecule has 0 aliphatic carbocycles. The summed E-state index contributed by atoms with van der Waals surface area (Å²) in [5, 5.41) is 5.77. The summed E-state index contributed by atoms with van der Waals surface area (Å²) in [6.07, 6.45) is 1.60. The second kappa shape index (κ2) is 5.92. The highest BCUT2D eigenvalue weighted by Crippen LogP contribution is 2.31. The SMILES string of the molecule is O=C1NCCC(NC(=O)C2COc3ccccc3O2)c2cc[nH]c21. The van der Waals surface area contributed by atoms with Crippen LogP contribution in [-0.4, -0.2) is 36.1 Å². The van der Waals surface area contributed by atoms with Gasteiger partial charge >= 0.3 is 0 Å². The molecule has 0 saturated carbocycles. The van der Waals surface area contributed by atoms with Crippen molar-refractivity contribution < 1.29 is 19.1 Å². The maximum atomic E-state index is 12.6. The number of benzene rings is 1. The van der Waals surface area contributed by atoms with Crippen LogP contribution in [0.1, 0.15) is 28.5 Å². The van der Waals surface area contributed by atoms with Gasteiger partial charge in [0, 0.05) is 18.3 Å². The molecule has 2 aliphatic heterocycles. The number of aromatic amines is 1. The number of fused-ring (bicyclic) bond motifs is 2. The zero-order valence-corrected chi connectivity index (χ0v) is 12.9. The summed E-state index contributed by atoms with van der Waals surface area (Å²) in [5.41, 5.74) is 1.28. The highest BCUT2D eigenvalue weighted by atomic mass is 16.6. The van der Waals surface area contributed by atoms with Gasteiger partial charge < -0.3 is 25.1 Å². The fourth-order valence-corrected chi connectivity index (χ4v) is 3.01. The lowest BCUT2D eigenvalue weighted by Crippen LogP contribution is -2.45. The second-order valence-corrected chi connectivity index (χ2v) is 5.78. The van der Waals surface area contributed by atoms with Crippen LogP contribution in [0.25, 0.3) is 0 Å². The van der Waals surface area contributed by atoms with Gasteiger partial charge in [0.25, 0.3) is 11.8 Å². The van der Waals surface area contributed by atoms with Gasteiger partial charge in [-0.15, -0.1) is 0 Å². The van der Waals surface area contributed by atoms with Crippen molar-refractivity contribution in [2.45, 2.75) is 18.6 Å². The molecule has 2 atom stereocenters. The molecule has 0 radical (unpaired) electrons. The van der Waals surface area contributed by atoms with Gasteiger partial charge in [0.1, 0.15) is 12.3 Å². The third-order valence-corrected chi connectivity index (χ3v) is 4.22. The molecular weight excluding hydrogens is 310 g/mol. The van der Waals surface area contributed by atoms with Crippen LogP contribution in [0.2, 0.25) is 0 Å². The van der Waals surface area contributed by atoms with E-state index >= 15 is 0 Å². The molecule has 3 N–H and O–H groups in total. The number of H-pyrrole nitrogens is 1. The maximum Gasteiger partial charge on any atom is 0.268 e. The van der Waals surface area contributed by atoms with Crippen LogP contribution in [0, 0.1) is 0 Å². The van der Waals surface area contributed by atoms with Gasteiger partial charge in [0.2, 0.25) is 6.10 Å². The third-order valence-electron chi connectivity index (χ3n) is 4.22. The number of para-hydroxylation sites is 2. The Morgan fingerprint density at radius 2 is 2.04 bits per heavy atom. The molecule has 1 aromatic heterocycles. The molecule has 0 bridgehead atoms. The first kappa shape index (κ1) is 14.6. The van der Waals surface area contributed by atoms with Crippen molar-refractivity contribution in [3.05, 3.63) is 47.8 Å². The van der Waals surface area contributed by atoms with Gasteiger partial charge in [-0.3, -0.25) is 9.59 Å². The van der Waals surface area contributed by atoms with Crippen molar-refractivity contribution in [3.63, 3.8) is 0 Å². The Labute approximate surface area is 138 Å². The lowest BCUT2D eigenvalue weighted by molar-refractivity contribution is -0.131. The zero-order chi connectivity index (χ0) is 16.5. The minimum atomic E-state index is -0.714. The van der Waals surface area contributed by atoms with Gasteiger partial charge in [0.05, 0.1) is 6.04 Å². The van der Waals surface area contributed by atoms with Gasteiger partial charge in [-0.1, -0.05) is 12.1 Å². The van der Waals surface area contributed by atoms with Crippen molar-refractivity contribution in [1.29, 1.82) is 0 Å². The Hall–Kier alpha value is -2.96. The second-order valence-electron chi connectivity index (χ2n) is 5.78. The summed E-state index contributed by atoms with van der Waals surface area (Å²) < 4.78 is 11.3. The summed E-state index contributed by atoms with van der Waals surface area (Å²) in [5.74, 6) is 0.789. The molecule has 124 valence electrons. The number of amides is 2. The number of carbonyl (C=O) groups excluding carboxylic acids is 2. The van der Waals surface area contributed by atoms with Crippen LogP contribution in [-0.2, 0) is 4.79 Å². The minimum Gasteiger partial charge on any atom is -0.485 e. The van der Waals surface area contributed by atoms with Crippen molar-refractivity contribution >= 4 is 11.8 Å². The zero-order valence-electron chi connectivity index (χ0n) is 12.9. The van der Waals surface area contributed by atoms with Crippen LogP contribution in [0.3, 0.4) is 0 Å². The van der Waals surface area contributed by atoms with E-state index in [-0.39, 0.29) is 24.5 Å². The number of carbonyl (C=O) groups is 2. The largest absolute Gasteiger partial charge is 0.485 e. The molecule has 2 aromatic rings. The standard InChI is InChI=1S/C17H17N3O4/c21-16(14-9-23-12-3-1-2-4-13(12)24-14)20-11-6-8-19-17(22)15-10(11)5-7-18-15/h1-5,7,11,14,18H,6,8-9H2,(H,19,22)(H,20,21). The van der Waals surface area contributed by atoms with E-state index in [9.17, 15) is 9.59 Å². The van der Waals surface area contributed by atoms with Crippen LogP contribution in [0.4, 0.5) is 0 Å². The highest BCUT2D eigenvalue weighted by molar-refractivity contribution is 5.94. The Morgan fingerprint density at radius 1 is 1.21 bits per heavy atom. The summed E-state index contributed by atoms with van der Waals surface area (Å²) in [6.45, 7) is 0.657. The van der Waals surface area contributed by atoms with Crippen LogP contribution in [0.15, 0.2) is 36.5 Å². The van der Waals surface area contributed by atoms with Gasteiger partial charge in [-0.25, -0.2) is 0 Å². The maximum absolute atomic E-state index is 12.6. The molecule has 7 nitrogen and oxygen atoms in total. The Balaban J connectivity index is 1.49. The van der Waals surface area contributed by atoms with E-state index < -0.39 is 6.10 Å². The third kappa shape index (κ3) is 2.58. The Morgan fingerprint density at radius 3 is 2.92 bits per heavy atom. The van der Waals surface area contributed by atoms with Crippen molar-refractivity contribution in [1.82, 2.24) is 15.6 Å². The predicted octanol–water partition coefficient (Wildman–Crippen LogP) is 1.15. The van der Waals surface area contributed by atoms with E-state index in [1.165, 1.54) is 0 Å². The first-order valence-corrected chi connectivity index (χ1v) is 7.86. The van der Waals surface area contributed by atoms with E-state index in [1.807, 2.05) is 18.2 Å². The first-order chi connectivity index (χ1) is 11.7. The normalized spacial score (nSPS) is 22.1. The average molecular weight is 327 g/mol. The summed E-state index contributed by atoms with van der Waals surface area (Å²) in [7, 11) is 0. The van der Waals surface area contributed by atoms with Crippen LogP contribution >= 0.6 is 0 Å². The van der Waals surface area contributed by atoms with Crippen LogP contribution in [0.5, 0.6) is 11.5 Å². The lowest BCUT2D eigenvalue weighted by Gasteiger charge is -2.27. The summed E-state index contributed by atoms with van der Waals surface area (Å²) in [6, 6.07) is 8.82. The summed E-state index contributed by atoms with van der Waals surface area (Å²) >= 11 is 0. The first-order valence-electron chi connectivity index (χ1n) is 7.86. The molecule has 24 heavy (non-hydrogen) atoms. The fourth-order valence-electron chi connectivity index (χ4n) is 3.01. The monoisotopic (exact) mass is 327 g/mol. The number of aromatic nitrogens is 1. The molecule has 3 heterocycles. The smallest absolute Gasteiger partial charge is 0.268 e. The Bertz CT molecular complexity index is 786. The number of nitrogens with one attached hydrogen (secondary N) is 3. The van der Waals surface area contributed by atoms with Crippen LogP contribution < -0.4 is 20.1 Å². The molecule has 2 aliphatic rings. The van der Waals surface area contributed by atoms with Gasteiger partial charge in [0.15, 0.2) is 11.5 Å². The molecule has 0 spiro atoms. The predicted molar refractivity (Wildman–Crippen MR) is 85.0 cm³/mol. The lowest BCUT2D eigenvalue weighted by atomic mass is 10.0. The number of rotatable bonds is 2. The van der Waals surface area contributed by atoms with E-state index in [0.717, 1.165) is 5.56 Å². The molecule has 2 unspecified atom stereocenters. The molecule has 0 saturated heterocycles. The van der Waals surface area contributed by atoms with Gasteiger partial charge in [-0.05, 0) is 24.6 Å². The average Bonchev–Trinajstić information content (AvgIpc) is 3.05. The molecular formula is C17H17N3O4. The Kier molecular flexibility index (Phi) is 3.60. The topological polar surface area (TPSA) is 92.5 Å². The number of ether oxygens (including phenoxy) is 2. The van der Waals surface area contributed by atoms with E-state index in [0.29, 0.717) is 30.2 Å². The number of hydrogen-bond acceptors (Lipinski definition) is 4. The molecule has 2 amide bonds. The number of hydrogen-bond donors (Lipinski definition) is 3. The fraction of sp³-hybridized carbons (Fsp3) is 0.294. The summed E-state index contributed by atoms with van der Waals surface area (Å²) in [4.78, 5) is 27.4. The van der Waals surface area contributed by atoms with Crippen molar-refractivity contribution in [3.8, 4) is 11.5 Å². The van der Waals surface area contributed by atoms with E-state index in [2.05, 4.69) is 15.6 Å². The van der Waals surface area contributed by atoms with E-state index in [1.54, 1.807) is 18.3 Å². The van der Waals surface area contributed by atoms with Crippen molar-refractivity contribution in [2.75, 3.05) is 13.2 Å². The molecule has 1 aromatic carbocycles. The van der Waals surface area contributed by atoms with Gasteiger partial charge in [-0.2, -0.15) is 0 Å². The molecule has 7 heteroatoms. The minimum absolute atomic E-state index is 0.155. The van der Waals surface area contributed by atoms with Crippen molar-refractivity contribution in [2.24, 2.45) is 0 Å². The van der Waals surface area contributed by atoms with E-state index in [4.69, 9.17) is 9.47 Å². The highest BCUT2D eigenvalue weighted by Gasteiger charge is 2.31. The molecule has 0 fully saturated rings. The quantitative estimate of drug-likeness (QED) is 0.771.